The molecule has 0 aliphatic carbocycles. The van der Waals surface area contributed by atoms with Gasteiger partial charge >= 0.3 is 5.97 Å². The smallest absolute Gasteiger partial charge is 0.306 e. The first-order valence-electron chi connectivity index (χ1n) is 12.2. The molecule has 2 aromatic heterocycles. The Morgan fingerprint density at radius 3 is 2.76 bits per heavy atom. The van der Waals surface area contributed by atoms with Crippen LogP contribution in [0.15, 0.2) is 42.6 Å². The standard InChI is InChI=1S/C27H32N4O3/c1-2-34-26(33)17-20(25-18-29-23-11-5-6-12-24(23)31-25)16-22(32)10-4-3-9-21-14-13-19-8-7-15-28-27(19)30-21/h5-6,11-14,18,20H,2-4,7-10,15-17H2,1H3,(H,28,30). The molecular formula is C27H32N4O3. The number of benzene rings is 1. The lowest BCUT2D eigenvalue weighted by molar-refractivity contribution is -0.143. The maximum absolute atomic E-state index is 12.8. The number of hydrogen-bond acceptors (Lipinski definition) is 7. The molecule has 0 amide bonds. The van der Waals surface area contributed by atoms with Gasteiger partial charge in [0.15, 0.2) is 0 Å². The highest BCUT2D eigenvalue weighted by Crippen LogP contribution is 2.25. The van der Waals surface area contributed by atoms with Gasteiger partial charge in [-0.25, -0.2) is 9.97 Å². The number of fused-ring (bicyclic) bond motifs is 2. The summed E-state index contributed by atoms with van der Waals surface area (Å²) in [6, 6.07) is 11.9. The van der Waals surface area contributed by atoms with Gasteiger partial charge in [-0.15, -0.1) is 0 Å². The summed E-state index contributed by atoms with van der Waals surface area (Å²) >= 11 is 0. The van der Waals surface area contributed by atoms with E-state index in [1.165, 1.54) is 5.56 Å². The minimum atomic E-state index is -0.336. The van der Waals surface area contributed by atoms with Crippen LogP contribution >= 0.6 is 0 Å². The second-order valence-corrected chi connectivity index (χ2v) is 8.78. The van der Waals surface area contributed by atoms with Crippen LogP contribution < -0.4 is 5.32 Å². The number of para-hydroxylation sites is 2. The number of ketones is 1. The molecule has 0 bridgehead atoms. The van der Waals surface area contributed by atoms with Crippen molar-refractivity contribution in [1.29, 1.82) is 0 Å². The van der Waals surface area contributed by atoms with E-state index >= 15 is 0 Å². The first-order chi connectivity index (χ1) is 16.6. The Labute approximate surface area is 200 Å². The molecule has 1 N–H and O–H groups in total. The molecule has 178 valence electrons. The van der Waals surface area contributed by atoms with E-state index in [-0.39, 0.29) is 30.5 Å². The molecule has 0 fully saturated rings. The number of carbonyl (C=O) groups excluding carboxylic acids is 2. The monoisotopic (exact) mass is 460 g/mol. The zero-order valence-electron chi connectivity index (χ0n) is 19.8. The van der Waals surface area contributed by atoms with Crippen molar-refractivity contribution in [3.63, 3.8) is 0 Å². The van der Waals surface area contributed by atoms with E-state index in [0.717, 1.165) is 61.2 Å². The van der Waals surface area contributed by atoms with E-state index < -0.39 is 0 Å². The van der Waals surface area contributed by atoms with E-state index in [2.05, 4.69) is 27.4 Å². The number of nitrogens with zero attached hydrogens (tertiary/aromatic N) is 3. The molecule has 0 saturated heterocycles. The molecule has 1 atom stereocenters. The Hall–Kier alpha value is -3.35. The van der Waals surface area contributed by atoms with Crippen LogP contribution in [0.3, 0.4) is 0 Å². The van der Waals surface area contributed by atoms with E-state index in [1.807, 2.05) is 24.3 Å². The normalized spacial score (nSPS) is 13.7. The number of hydrogen-bond donors (Lipinski definition) is 1. The Balaban J connectivity index is 1.33. The Morgan fingerprint density at radius 2 is 1.91 bits per heavy atom. The maximum Gasteiger partial charge on any atom is 0.306 e. The van der Waals surface area contributed by atoms with Crippen molar-refractivity contribution in [3.05, 3.63) is 59.5 Å². The van der Waals surface area contributed by atoms with Gasteiger partial charge in [0.25, 0.3) is 0 Å². The summed E-state index contributed by atoms with van der Waals surface area (Å²) in [4.78, 5) is 38.9. The van der Waals surface area contributed by atoms with Crippen LogP contribution in [-0.2, 0) is 27.2 Å². The predicted molar refractivity (Wildman–Crippen MR) is 132 cm³/mol. The molecule has 1 unspecified atom stereocenters. The Kier molecular flexibility index (Phi) is 8.17. The molecule has 7 nitrogen and oxygen atoms in total. The third kappa shape index (κ3) is 6.37. The number of nitrogens with one attached hydrogen (secondary N) is 1. The molecule has 7 heteroatoms. The van der Waals surface area contributed by atoms with Crippen molar-refractivity contribution in [1.82, 2.24) is 15.0 Å². The topological polar surface area (TPSA) is 94.1 Å². The number of anilines is 1. The van der Waals surface area contributed by atoms with E-state index in [4.69, 9.17) is 9.72 Å². The van der Waals surface area contributed by atoms with Gasteiger partial charge in [0.05, 0.1) is 29.8 Å². The molecule has 4 rings (SSSR count). The van der Waals surface area contributed by atoms with Crippen molar-refractivity contribution in [2.24, 2.45) is 0 Å². The van der Waals surface area contributed by atoms with Crippen LogP contribution in [0.4, 0.5) is 5.82 Å². The second-order valence-electron chi connectivity index (χ2n) is 8.78. The fourth-order valence-electron chi connectivity index (χ4n) is 4.38. The van der Waals surface area contributed by atoms with Gasteiger partial charge in [0.2, 0.25) is 0 Å². The molecule has 1 aliphatic rings. The van der Waals surface area contributed by atoms with Crippen molar-refractivity contribution in [3.8, 4) is 0 Å². The van der Waals surface area contributed by atoms with Crippen LogP contribution in [0.5, 0.6) is 0 Å². The summed E-state index contributed by atoms with van der Waals surface area (Å²) in [7, 11) is 0. The third-order valence-electron chi connectivity index (χ3n) is 6.17. The lowest BCUT2D eigenvalue weighted by Gasteiger charge is -2.17. The average Bonchev–Trinajstić information content (AvgIpc) is 2.86. The van der Waals surface area contributed by atoms with Gasteiger partial charge in [-0.1, -0.05) is 18.2 Å². The lowest BCUT2D eigenvalue weighted by atomic mass is 9.93. The van der Waals surface area contributed by atoms with Gasteiger partial charge in [-0.2, -0.15) is 0 Å². The van der Waals surface area contributed by atoms with Gasteiger partial charge in [0, 0.05) is 37.2 Å². The van der Waals surface area contributed by atoms with Gasteiger partial charge in [-0.3, -0.25) is 14.6 Å². The van der Waals surface area contributed by atoms with Gasteiger partial charge in [0.1, 0.15) is 11.6 Å². The van der Waals surface area contributed by atoms with E-state index in [1.54, 1.807) is 13.1 Å². The minimum Gasteiger partial charge on any atom is -0.466 e. The number of unbranched alkanes of at least 4 members (excludes halogenated alkanes) is 1. The first-order valence-corrected chi connectivity index (χ1v) is 12.2. The fourth-order valence-corrected chi connectivity index (χ4v) is 4.38. The predicted octanol–water partition coefficient (Wildman–Crippen LogP) is 4.79. The maximum atomic E-state index is 12.8. The molecular weight excluding hydrogens is 428 g/mol. The fraction of sp³-hybridized carbons (Fsp3) is 0.444. The van der Waals surface area contributed by atoms with Gasteiger partial charge < -0.3 is 10.1 Å². The third-order valence-corrected chi connectivity index (χ3v) is 6.17. The highest BCUT2D eigenvalue weighted by atomic mass is 16.5. The summed E-state index contributed by atoms with van der Waals surface area (Å²) in [5.41, 5.74) is 4.56. The van der Waals surface area contributed by atoms with Crippen LogP contribution in [0.2, 0.25) is 0 Å². The Bertz CT molecular complexity index is 1150. The number of aromatic nitrogens is 3. The number of rotatable bonds is 11. The quantitative estimate of drug-likeness (QED) is 0.325. The molecule has 1 aliphatic heterocycles. The van der Waals surface area contributed by atoms with Crippen LogP contribution in [0, 0.1) is 0 Å². The zero-order chi connectivity index (χ0) is 23.8. The molecule has 0 saturated carbocycles. The molecule has 0 spiro atoms. The summed E-state index contributed by atoms with van der Waals surface area (Å²) in [5, 5.41) is 3.37. The highest BCUT2D eigenvalue weighted by Gasteiger charge is 2.22. The summed E-state index contributed by atoms with van der Waals surface area (Å²) in [6.07, 6.45) is 7.31. The Morgan fingerprint density at radius 1 is 1.06 bits per heavy atom. The minimum absolute atomic E-state index is 0.124. The lowest BCUT2D eigenvalue weighted by Crippen LogP contribution is -2.15. The number of aryl methyl sites for hydroxylation is 2. The van der Waals surface area contributed by atoms with E-state index in [9.17, 15) is 9.59 Å². The highest BCUT2D eigenvalue weighted by molar-refractivity contribution is 5.81. The number of carbonyl (C=O) groups is 2. The van der Waals surface area contributed by atoms with Crippen LogP contribution in [-0.4, -0.2) is 39.9 Å². The number of Topliss-reactive ketones (excluding diaryl/α,β-unsaturated/α-hetero) is 1. The van der Waals surface area contributed by atoms with Crippen LogP contribution in [0.1, 0.15) is 68.3 Å². The van der Waals surface area contributed by atoms with Crippen molar-refractivity contribution >= 4 is 28.6 Å². The van der Waals surface area contributed by atoms with E-state index in [0.29, 0.717) is 18.7 Å². The van der Waals surface area contributed by atoms with Crippen molar-refractivity contribution in [2.45, 2.75) is 64.2 Å². The molecule has 0 radical (unpaired) electrons. The molecule has 1 aromatic carbocycles. The average molecular weight is 461 g/mol. The number of esters is 1. The molecule has 3 aromatic rings. The number of ether oxygens (including phenoxy) is 1. The van der Waals surface area contributed by atoms with Crippen molar-refractivity contribution in [2.75, 3.05) is 18.5 Å². The largest absolute Gasteiger partial charge is 0.466 e. The SMILES string of the molecule is CCOC(=O)CC(CC(=O)CCCCc1ccc2c(n1)NCCC2)c1cnc2ccccc2n1. The summed E-state index contributed by atoms with van der Waals surface area (Å²) in [6.45, 7) is 3.07. The zero-order valence-corrected chi connectivity index (χ0v) is 19.8. The molecule has 3 heterocycles. The molecule has 34 heavy (non-hydrogen) atoms. The first kappa shape index (κ1) is 23.8. The summed E-state index contributed by atoms with van der Waals surface area (Å²) < 4.78 is 5.14. The summed E-state index contributed by atoms with van der Waals surface area (Å²) in [5.74, 6) is 0.488. The van der Waals surface area contributed by atoms with Crippen molar-refractivity contribution < 1.29 is 14.3 Å². The second kappa shape index (κ2) is 11.7. The van der Waals surface area contributed by atoms with Gasteiger partial charge in [-0.05, 0) is 62.8 Å². The number of pyridine rings is 1. The van der Waals surface area contributed by atoms with Crippen LogP contribution in [0.25, 0.3) is 11.0 Å².